The lowest BCUT2D eigenvalue weighted by atomic mass is 10.1. The first-order valence-corrected chi connectivity index (χ1v) is 4.51. The number of benzene rings is 1. The number of carbonyl (C=O) groups is 1. The van der Waals surface area contributed by atoms with Crippen molar-refractivity contribution in [2.75, 3.05) is 7.05 Å². The highest BCUT2D eigenvalue weighted by molar-refractivity contribution is 5.64. The number of carboxylic acid groups (broad SMARTS) is 1. The number of rotatable bonds is 2. The molecule has 1 rings (SSSR count). The van der Waals surface area contributed by atoms with Crippen molar-refractivity contribution >= 4 is 6.09 Å². The summed E-state index contributed by atoms with van der Waals surface area (Å²) in [6.07, 6.45) is -0.897. The van der Waals surface area contributed by atoms with Crippen LogP contribution in [0.15, 0.2) is 18.2 Å². The minimum absolute atomic E-state index is 0.447. The number of nitrogens with zero attached hydrogens (tertiary/aromatic N) is 1. The SMILES string of the molecule is Cc1ccc(C)c(CN(C)C(=O)O)c1. The molecule has 0 spiro atoms. The van der Waals surface area contributed by atoms with Gasteiger partial charge in [-0.15, -0.1) is 0 Å². The molecule has 0 atom stereocenters. The summed E-state index contributed by atoms with van der Waals surface area (Å²) in [5, 5.41) is 8.73. The number of hydrogen-bond acceptors (Lipinski definition) is 1. The van der Waals surface area contributed by atoms with Crippen molar-refractivity contribution in [2.24, 2.45) is 0 Å². The summed E-state index contributed by atoms with van der Waals surface area (Å²) in [4.78, 5) is 11.9. The van der Waals surface area contributed by atoms with Crippen molar-refractivity contribution in [2.45, 2.75) is 20.4 Å². The third-order valence-electron chi connectivity index (χ3n) is 2.24. The third-order valence-corrected chi connectivity index (χ3v) is 2.24. The molecule has 0 unspecified atom stereocenters. The number of hydrogen-bond donors (Lipinski definition) is 1. The Hall–Kier alpha value is -1.51. The zero-order chi connectivity index (χ0) is 10.7. The molecule has 0 fully saturated rings. The standard InChI is InChI=1S/C11H15NO2/c1-8-4-5-9(2)10(6-8)7-12(3)11(13)14/h4-6H,7H2,1-3H3,(H,13,14). The van der Waals surface area contributed by atoms with E-state index in [9.17, 15) is 4.79 Å². The summed E-state index contributed by atoms with van der Waals surface area (Å²) < 4.78 is 0. The second-order valence-corrected chi connectivity index (χ2v) is 3.57. The zero-order valence-electron chi connectivity index (χ0n) is 8.74. The lowest BCUT2D eigenvalue weighted by Gasteiger charge is -2.15. The zero-order valence-corrected chi connectivity index (χ0v) is 8.74. The van der Waals surface area contributed by atoms with Gasteiger partial charge in [-0.1, -0.05) is 23.8 Å². The summed E-state index contributed by atoms with van der Waals surface area (Å²) in [5.41, 5.74) is 3.35. The van der Waals surface area contributed by atoms with Crippen LogP contribution < -0.4 is 0 Å². The fourth-order valence-electron chi connectivity index (χ4n) is 1.29. The molecule has 0 heterocycles. The van der Waals surface area contributed by atoms with E-state index in [4.69, 9.17) is 5.11 Å². The molecule has 0 radical (unpaired) electrons. The van der Waals surface area contributed by atoms with Gasteiger partial charge in [0, 0.05) is 13.6 Å². The van der Waals surface area contributed by atoms with E-state index in [2.05, 4.69) is 0 Å². The Kier molecular flexibility index (Phi) is 3.12. The van der Waals surface area contributed by atoms with Crippen LogP contribution in [0.25, 0.3) is 0 Å². The second-order valence-electron chi connectivity index (χ2n) is 3.57. The fourth-order valence-corrected chi connectivity index (χ4v) is 1.29. The molecule has 0 saturated heterocycles. The molecule has 0 aromatic heterocycles. The molecule has 0 aliphatic carbocycles. The van der Waals surface area contributed by atoms with Crippen LogP contribution in [-0.4, -0.2) is 23.1 Å². The summed E-state index contributed by atoms with van der Waals surface area (Å²) in [6, 6.07) is 6.06. The van der Waals surface area contributed by atoms with Gasteiger partial charge in [0.2, 0.25) is 0 Å². The van der Waals surface area contributed by atoms with Crippen LogP contribution in [0.4, 0.5) is 4.79 Å². The average Bonchev–Trinajstić information content (AvgIpc) is 2.11. The van der Waals surface area contributed by atoms with Gasteiger partial charge in [-0.05, 0) is 25.0 Å². The van der Waals surface area contributed by atoms with Gasteiger partial charge in [0.15, 0.2) is 0 Å². The van der Waals surface area contributed by atoms with Crippen molar-refractivity contribution in [1.82, 2.24) is 4.90 Å². The second kappa shape index (κ2) is 4.13. The lowest BCUT2D eigenvalue weighted by Crippen LogP contribution is -2.24. The van der Waals surface area contributed by atoms with E-state index in [1.807, 2.05) is 32.0 Å². The lowest BCUT2D eigenvalue weighted by molar-refractivity contribution is 0.153. The molecule has 1 N–H and O–H groups in total. The topological polar surface area (TPSA) is 40.5 Å². The molecule has 76 valence electrons. The molecule has 0 saturated carbocycles. The Morgan fingerprint density at radius 2 is 2.07 bits per heavy atom. The Labute approximate surface area is 84.0 Å². The van der Waals surface area contributed by atoms with Crippen LogP contribution in [0, 0.1) is 13.8 Å². The Bertz CT molecular complexity index is 347. The van der Waals surface area contributed by atoms with E-state index in [1.54, 1.807) is 7.05 Å². The van der Waals surface area contributed by atoms with Gasteiger partial charge in [0.05, 0.1) is 0 Å². The monoisotopic (exact) mass is 193 g/mol. The predicted molar refractivity (Wildman–Crippen MR) is 55.4 cm³/mol. The summed E-state index contributed by atoms with van der Waals surface area (Å²) in [7, 11) is 1.57. The minimum Gasteiger partial charge on any atom is -0.465 e. The Balaban J connectivity index is 2.85. The number of amides is 1. The summed E-state index contributed by atoms with van der Waals surface area (Å²) in [6.45, 7) is 4.44. The molecule has 1 aromatic rings. The molecule has 3 heteroatoms. The highest BCUT2D eigenvalue weighted by Gasteiger charge is 2.07. The van der Waals surface area contributed by atoms with Crippen LogP contribution in [0.1, 0.15) is 16.7 Å². The molecular weight excluding hydrogens is 178 g/mol. The van der Waals surface area contributed by atoms with Gasteiger partial charge in [-0.25, -0.2) is 4.79 Å². The molecule has 1 aromatic carbocycles. The van der Waals surface area contributed by atoms with Crippen molar-refractivity contribution in [3.8, 4) is 0 Å². The van der Waals surface area contributed by atoms with E-state index < -0.39 is 6.09 Å². The van der Waals surface area contributed by atoms with Crippen LogP contribution in [0.5, 0.6) is 0 Å². The summed E-state index contributed by atoms with van der Waals surface area (Å²) >= 11 is 0. The molecule has 14 heavy (non-hydrogen) atoms. The van der Waals surface area contributed by atoms with Gasteiger partial charge < -0.3 is 10.0 Å². The van der Waals surface area contributed by atoms with E-state index in [1.165, 1.54) is 4.90 Å². The third kappa shape index (κ3) is 2.49. The predicted octanol–water partition coefficient (Wildman–Crippen LogP) is 2.41. The van der Waals surface area contributed by atoms with E-state index in [-0.39, 0.29) is 0 Å². The van der Waals surface area contributed by atoms with Crippen molar-refractivity contribution < 1.29 is 9.90 Å². The van der Waals surface area contributed by atoms with Crippen LogP contribution in [0.2, 0.25) is 0 Å². The van der Waals surface area contributed by atoms with Crippen molar-refractivity contribution in [3.05, 3.63) is 34.9 Å². The van der Waals surface area contributed by atoms with E-state index in [0.29, 0.717) is 6.54 Å². The van der Waals surface area contributed by atoms with Crippen molar-refractivity contribution in [1.29, 1.82) is 0 Å². The average molecular weight is 193 g/mol. The Morgan fingerprint density at radius 3 is 2.64 bits per heavy atom. The Morgan fingerprint density at radius 1 is 1.43 bits per heavy atom. The first-order valence-electron chi connectivity index (χ1n) is 4.51. The normalized spacial score (nSPS) is 9.93. The van der Waals surface area contributed by atoms with Gasteiger partial charge in [0.1, 0.15) is 0 Å². The molecule has 0 aliphatic heterocycles. The summed E-state index contributed by atoms with van der Waals surface area (Å²) in [5.74, 6) is 0. The first kappa shape index (κ1) is 10.6. The smallest absolute Gasteiger partial charge is 0.407 e. The molecule has 0 bridgehead atoms. The highest BCUT2D eigenvalue weighted by Crippen LogP contribution is 2.12. The fraction of sp³-hybridized carbons (Fsp3) is 0.364. The number of aryl methyl sites for hydroxylation is 2. The maximum absolute atomic E-state index is 10.6. The van der Waals surface area contributed by atoms with E-state index in [0.717, 1.165) is 16.7 Å². The quantitative estimate of drug-likeness (QED) is 0.783. The van der Waals surface area contributed by atoms with Crippen molar-refractivity contribution in [3.63, 3.8) is 0 Å². The maximum atomic E-state index is 10.6. The highest BCUT2D eigenvalue weighted by atomic mass is 16.4. The van der Waals surface area contributed by atoms with Crippen LogP contribution in [0.3, 0.4) is 0 Å². The minimum atomic E-state index is -0.897. The molecule has 0 aliphatic rings. The van der Waals surface area contributed by atoms with Gasteiger partial charge in [0.25, 0.3) is 0 Å². The first-order chi connectivity index (χ1) is 6.50. The molecule has 1 amide bonds. The van der Waals surface area contributed by atoms with E-state index >= 15 is 0 Å². The molecular formula is C11H15NO2. The van der Waals surface area contributed by atoms with Gasteiger partial charge in [-0.2, -0.15) is 0 Å². The van der Waals surface area contributed by atoms with Crippen LogP contribution in [-0.2, 0) is 6.54 Å². The van der Waals surface area contributed by atoms with Crippen LogP contribution >= 0.6 is 0 Å². The van der Waals surface area contributed by atoms with Gasteiger partial charge >= 0.3 is 6.09 Å². The maximum Gasteiger partial charge on any atom is 0.407 e. The molecule has 3 nitrogen and oxygen atoms in total. The van der Waals surface area contributed by atoms with Gasteiger partial charge in [-0.3, -0.25) is 0 Å². The largest absolute Gasteiger partial charge is 0.465 e.